The van der Waals surface area contributed by atoms with Crippen molar-refractivity contribution in [1.82, 2.24) is 0 Å². The lowest BCUT2D eigenvalue weighted by atomic mass is 9.74. The fourth-order valence-corrected chi connectivity index (χ4v) is 3.04. The zero-order chi connectivity index (χ0) is 10.8. The van der Waals surface area contributed by atoms with Gasteiger partial charge in [0, 0.05) is 34.0 Å². The van der Waals surface area contributed by atoms with Gasteiger partial charge in [0.1, 0.15) is 0 Å². The summed E-state index contributed by atoms with van der Waals surface area (Å²) in [6.45, 7) is 4.64. The van der Waals surface area contributed by atoms with Crippen molar-refractivity contribution < 1.29 is 13.7 Å². The Labute approximate surface area is 107 Å². The van der Waals surface area contributed by atoms with E-state index < -0.39 is 0 Å². The highest BCUT2D eigenvalue weighted by Crippen LogP contribution is 2.45. The number of ether oxygens (including phenoxy) is 2. The van der Waals surface area contributed by atoms with Crippen LogP contribution in [0.1, 0.15) is 32.6 Å². The second-order valence-corrected chi connectivity index (χ2v) is 6.18. The summed E-state index contributed by atoms with van der Waals surface area (Å²) >= 11 is 2.17. The average Bonchev–Trinajstić information content (AvgIpc) is 2.70. The van der Waals surface area contributed by atoms with Gasteiger partial charge in [-0.25, -0.2) is 0 Å². The quantitative estimate of drug-likeness (QED) is 0.580. The van der Waals surface area contributed by atoms with Crippen molar-refractivity contribution in [2.24, 2.45) is 5.41 Å². The molecule has 1 heterocycles. The molecule has 1 spiro atoms. The maximum Gasteiger partial charge on any atom is 0.168 e. The van der Waals surface area contributed by atoms with Crippen molar-refractivity contribution in [2.75, 3.05) is 19.8 Å². The Bertz CT molecular complexity index is 209. The van der Waals surface area contributed by atoms with E-state index in [1.807, 2.05) is 0 Å². The van der Waals surface area contributed by atoms with E-state index in [9.17, 15) is 0 Å². The smallest absolute Gasteiger partial charge is 0.168 e. The predicted molar refractivity (Wildman–Crippen MR) is 68.8 cm³/mol. The Morgan fingerprint density at radius 2 is 1.80 bits per heavy atom. The van der Waals surface area contributed by atoms with Gasteiger partial charge >= 0.3 is 0 Å². The molecule has 88 valence electrons. The molecule has 0 unspecified atom stereocenters. The number of hydrogen-bond donors (Lipinski definition) is 0. The minimum atomic E-state index is -0.239. The van der Waals surface area contributed by atoms with Crippen LogP contribution >= 0.6 is 30.4 Å². The first-order valence-corrected chi connectivity index (χ1v) is 8.65. The summed E-state index contributed by atoms with van der Waals surface area (Å²) in [5.74, 6) is -0.239. The Morgan fingerprint density at radius 1 is 1.20 bits per heavy atom. The van der Waals surface area contributed by atoms with Gasteiger partial charge in [-0.15, -0.1) is 0 Å². The molecule has 2 fully saturated rings. The monoisotopic (exact) mass is 344 g/mol. The molecule has 5 heteroatoms. The van der Waals surface area contributed by atoms with Crippen molar-refractivity contribution in [3.05, 3.63) is 0 Å². The van der Waals surface area contributed by atoms with E-state index in [4.69, 9.17) is 13.7 Å². The molecule has 2 rings (SSSR count). The molecule has 0 N–H and O–H groups in total. The molecule has 0 aromatic rings. The van der Waals surface area contributed by atoms with Crippen molar-refractivity contribution in [1.29, 1.82) is 0 Å². The summed E-state index contributed by atoms with van der Waals surface area (Å²) in [6, 6.07) is 0. The molecule has 1 aliphatic carbocycles. The topological polar surface area (TPSA) is 27.7 Å². The number of hydrogen-bond acceptors (Lipinski definition) is 4. The number of halogens is 1. The first kappa shape index (κ1) is 12.4. The second-order valence-electron chi connectivity index (χ2n) is 4.74. The van der Waals surface area contributed by atoms with Gasteiger partial charge in [0.2, 0.25) is 0 Å². The molecule has 3 nitrogen and oxygen atoms in total. The molecule has 0 aromatic carbocycles. The highest BCUT2D eigenvalue weighted by atomic mass is 127. The van der Waals surface area contributed by atoms with Crippen LogP contribution < -0.4 is 0 Å². The molecule has 1 saturated carbocycles. The third kappa shape index (κ3) is 3.00. The summed E-state index contributed by atoms with van der Waals surface area (Å²) in [6.07, 6.45) is 4.28. The molecular weight excluding hydrogens is 327 g/mol. The van der Waals surface area contributed by atoms with E-state index in [1.165, 1.54) is 9.21 Å². The predicted octanol–water partition coefficient (Wildman–Crippen LogP) is 3.32. The minimum Gasteiger partial charge on any atom is -0.348 e. The first-order valence-electron chi connectivity index (χ1n) is 5.36. The highest BCUT2D eigenvalue weighted by Gasteiger charge is 2.44. The Kier molecular flexibility index (Phi) is 4.20. The molecule has 0 amide bonds. The molecule has 1 aliphatic heterocycles. The molecule has 15 heavy (non-hydrogen) atoms. The van der Waals surface area contributed by atoms with Crippen LogP contribution in [0.4, 0.5) is 0 Å². The van der Waals surface area contributed by atoms with Gasteiger partial charge in [-0.1, -0.05) is 6.92 Å². The van der Waals surface area contributed by atoms with Crippen LogP contribution in [0.2, 0.25) is 0 Å². The Hall–Kier alpha value is 0.960. The summed E-state index contributed by atoms with van der Waals surface area (Å²) in [5, 5.41) is 0. The average molecular weight is 344 g/mol. The maximum absolute atomic E-state index is 5.71. The lowest BCUT2D eigenvalue weighted by Gasteiger charge is -2.41. The highest BCUT2D eigenvalue weighted by molar-refractivity contribution is 14.2. The molecule has 0 aromatic heterocycles. The van der Waals surface area contributed by atoms with E-state index in [0.717, 1.165) is 45.5 Å². The molecule has 2 aliphatic rings. The zero-order valence-corrected chi connectivity index (χ0v) is 11.9. The van der Waals surface area contributed by atoms with Crippen molar-refractivity contribution in [3.63, 3.8) is 0 Å². The van der Waals surface area contributed by atoms with Crippen LogP contribution in [0, 0.1) is 5.41 Å². The van der Waals surface area contributed by atoms with Crippen LogP contribution in [0.15, 0.2) is 0 Å². The summed E-state index contributed by atoms with van der Waals surface area (Å²) in [5.41, 5.74) is 0.304. The third-order valence-electron chi connectivity index (χ3n) is 3.48. The molecule has 0 radical (unpaired) electrons. The summed E-state index contributed by atoms with van der Waals surface area (Å²) in [4.78, 5) is 0. The van der Waals surface area contributed by atoms with Crippen molar-refractivity contribution in [2.45, 2.75) is 38.4 Å². The fraction of sp³-hybridized carbons (Fsp3) is 1.00. The number of rotatable bonds is 3. The molecule has 0 bridgehead atoms. The van der Waals surface area contributed by atoms with Gasteiger partial charge < -0.3 is 13.7 Å². The minimum absolute atomic E-state index is 0.239. The van der Waals surface area contributed by atoms with Gasteiger partial charge in [-0.05, 0) is 18.3 Å². The van der Waals surface area contributed by atoms with E-state index >= 15 is 0 Å². The zero-order valence-electron chi connectivity index (χ0n) is 8.96. The summed E-state index contributed by atoms with van der Waals surface area (Å²) in [7, 11) is 1.43. The van der Waals surface area contributed by atoms with Crippen LogP contribution in [0.25, 0.3) is 0 Å². The fourth-order valence-electron chi connectivity index (χ4n) is 2.33. The van der Waals surface area contributed by atoms with Crippen LogP contribution in [0.5, 0.6) is 0 Å². The lowest BCUT2D eigenvalue weighted by molar-refractivity contribution is -0.192. The second kappa shape index (κ2) is 5.08. The van der Waals surface area contributed by atoms with E-state index in [-0.39, 0.29) is 5.79 Å². The SMILES string of the molecule is CC1(COSI)CCC2(CC1)OCCO2. The molecule has 0 atom stereocenters. The first-order chi connectivity index (χ1) is 7.18. The molecular formula is C10H17IO3S. The summed E-state index contributed by atoms with van der Waals surface area (Å²) < 4.78 is 16.9. The standard InChI is InChI=1S/C10H17IO3S/c1-9(8-14-15-11)2-4-10(5-3-9)12-6-7-13-10/h2-8H2,1H3. The van der Waals surface area contributed by atoms with E-state index in [1.54, 1.807) is 0 Å². The van der Waals surface area contributed by atoms with Gasteiger partial charge in [0.05, 0.1) is 29.0 Å². The Morgan fingerprint density at radius 3 is 2.33 bits per heavy atom. The normalized spacial score (nSPS) is 28.4. The van der Waals surface area contributed by atoms with Gasteiger partial charge in [0.25, 0.3) is 0 Å². The van der Waals surface area contributed by atoms with E-state index in [0.29, 0.717) is 5.41 Å². The van der Waals surface area contributed by atoms with Crippen molar-refractivity contribution >= 4 is 30.4 Å². The van der Waals surface area contributed by atoms with Gasteiger partial charge in [0.15, 0.2) is 5.79 Å². The van der Waals surface area contributed by atoms with Crippen LogP contribution in [-0.2, 0) is 13.7 Å². The third-order valence-corrected chi connectivity index (χ3v) is 4.45. The van der Waals surface area contributed by atoms with Crippen molar-refractivity contribution in [3.8, 4) is 0 Å². The van der Waals surface area contributed by atoms with E-state index in [2.05, 4.69) is 28.1 Å². The van der Waals surface area contributed by atoms with Gasteiger partial charge in [-0.3, -0.25) is 0 Å². The Balaban J connectivity index is 1.85. The van der Waals surface area contributed by atoms with Gasteiger partial charge in [-0.2, -0.15) is 0 Å². The largest absolute Gasteiger partial charge is 0.348 e. The van der Waals surface area contributed by atoms with Crippen LogP contribution in [0.3, 0.4) is 0 Å². The molecule has 1 saturated heterocycles. The van der Waals surface area contributed by atoms with Crippen LogP contribution in [-0.4, -0.2) is 25.6 Å². The maximum atomic E-state index is 5.71. The lowest BCUT2D eigenvalue weighted by Crippen LogP contribution is -2.40.